The molecule has 1 saturated heterocycles. The highest BCUT2D eigenvalue weighted by atomic mass is 16.1. The molecule has 7 nitrogen and oxygen atoms in total. The van der Waals surface area contributed by atoms with Gasteiger partial charge in [-0.2, -0.15) is 5.26 Å². The number of nitrogens with one attached hydrogen (secondary N) is 1. The van der Waals surface area contributed by atoms with Gasteiger partial charge in [-0.1, -0.05) is 6.92 Å². The standard InChI is InChI=1S/C23H24N6O/c1-2-19-14-22(30)27-23(26-19)18-6-9-21(25-16-18)29-11-3-10-28(12-13-29)20-7-4-17(15-24)5-8-20/h4-9,14,16H,2-3,10-13H2,1H3,(H,26,27,30). The number of benzene rings is 1. The first-order valence-electron chi connectivity index (χ1n) is 10.2. The number of H-pyrrole nitrogens is 1. The van der Waals surface area contributed by atoms with E-state index in [1.165, 1.54) is 6.07 Å². The minimum absolute atomic E-state index is 0.142. The third-order valence-corrected chi connectivity index (χ3v) is 5.36. The molecule has 152 valence electrons. The van der Waals surface area contributed by atoms with Gasteiger partial charge < -0.3 is 14.8 Å². The second-order valence-corrected chi connectivity index (χ2v) is 7.33. The summed E-state index contributed by atoms with van der Waals surface area (Å²) in [6.45, 7) is 5.64. The number of nitrogens with zero attached hydrogens (tertiary/aromatic N) is 5. The van der Waals surface area contributed by atoms with Gasteiger partial charge in [0.2, 0.25) is 0 Å². The predicted octanol–water partition coefficient (Wildman–Crippen LogP) is 2.98. The molecule has 0 bridgehead atoms. The van der Waals surface area contributed by atoms with E-state index in [-0.39, 0.29) is 5.56 Å². The number of pyridine rings is 1. The first-order chi connectivity index (χ1) is 14.7. The fourth-order valence-corrected chi connectivity index (χ4v) is 3.69. The molecule has 1 aliphatic rings. The van der Waals surface area contributed by atoms with Crippen LogP contribution in [0.25, 0.3) is 11.4 Å². The topological polar surface area (TPSA) is 88.9 Å². The van der Waals surface area contributed by atoms with E-state index < -0.39 is 0 Å². The Kier molecular flexibility index (Phi) is 5.75. The van der Waals surface area contributed by atoms with E-state index in [1.807, 2.05) is 43.3 Å². The van der Waals surface area contributed by atoms with Crippen molar-refractivity contribution in [3.63, 3.8) is 0 Å². The van der Waals surface area contributed by atoms with Gasteiger partial charge in [0.05, 0.1) is 11.6 Å². The number of aryl methyl sites for hydroxylation is 1. The lowest BCUT2D eigenvalue weighted by atomic mass is 10.2. The number of hydrogen-bond acceptors (Lipinski definition) is 6. The lowest BCUT2D eigenvalue weighted by Crippen LogP contribution is -2.31. The van der Waals surface area contributed by atoms with Crippen LogP contribution in [0.5, 0.6) is 0 Å². The van der Waals surface area contributed by atoms with Crippen molar-refractivity contribution in [1.82, 2.24) is 15.0 Å². The van der Waals surface area contributed by atoms with E-state index >= 15 is 0 Å². The second kappa shape index (κ2) is 8.78. The molecule has 30 heavy (non-hydrogen) atoms. The van der Waals surface area contributed by atoms with Crippen LogP contribution in [0.15, 0.2) is 53.5 Å². The van der Waals surface area contributed by atoms with Gasteiger partial charge in [0.15, 0.2) is 0 Å². The number of rotatable bonds is 4. The average molecular weight is 400 g/mol. The monoisotopic (exact) mass is 400 g/mol. The molecular formula is C23H24N6O. The van der Waals surface area contributed by atoms with Gasteiger partial charge in [-0.3, -0.25) is 4.79 Å². The molecule has 3 heterocycles. The van der Waals surface area contributed by atoms with Gasteiger partial charge >= 0.3 is 0 Å². The lowest BCUT2D eigenvalue weighted by molar-refractivity contribution is 0.798. The van der Waals surface area contributed by atoms with Crippen LogP contribution < -0.4 is 15.4 Å². The summed E-state index contributed by atoms with van der Waals surface area (Å²) >= 11 is 0. The predicted molar refractivity (Wildman–Crippen MR) is 118 cm³/mol. The number of anilines is 2. The summed E-state index contributed by atoms with van der Waals surface area (Å²) in [6.07, 6.45) is 3.51. The maximum Gasteiger partial charge on any atom is 0.251 e. The maximum absolute atomic E-state index is 11.8. The van der Waals surface area contributed by atoms with E-state index in [0.29, 0.717) is 17.8 Å². The van der Waals surface area contributed by atoms with Gasteiger partial charge in [-0.05, 0) is 49.2 Å². The Morgan fingerprint density at radius 2 is 1.83 bits per heavy atom. The summed E-state index contributed by atoms with van der Waals surface area (Å²) in [5.41, 5.74) is 3.26. The maximum atomic E-state index is 11.8. The van der Waals surface area contributed by atoms with Gasteiger partial charge in [0, 0.05) is 55.4 Å². The van der Waals surface area contributed by atoms with Gasteiger partial charge in [-0.25, -0.2) is 9.97 Å². The zero-order chi connectivity index (χ0) is 20.9. The first-order valence-corrected chi connectivity index (χ1v) is 10.2. The molecule has 1 fully saturated rings. The average Bonchev–Trinajstić information content (AvgIpc) is 3.05. The number of nitriles is 1. The highest BCUT2D eigenvalue weighted by Crippen LogP contribution is 2.21. The third kappa shape index (κ3) is 4.33. The molecule has 4 rings (SSSR count). The summed E-state index contributed by atoms with van der Waals surface area (Å²) in [7, 11) is 0. The molecule has 1 aliphatic heterocycles. The van der Waals surface area contributed by atoms with Crippen molar-refractivity contribution in [1.29, 1.82) is 5.26 Å². The summed E-state index contributed by atoms with van der Waals surface area (Å²) in [4.78, 5) is 28.4. The fraction of sp³-hybridized carbons (Fsp3) is 0.304. The van der Waals surface area contributed by atoms with Crippen molar-refractivity contribution in [2.45, 2.75) is 19.8 Å². The van der Waals surface area contributed by atoms with E-state index in [4.69, 9.17) is 5.26 Å². The van der Waals surface area contributed by atoms with Crippen molar-refractivity contribution < 1.29 is 0 Å². The summed E-state index contributed by atoms with van der Waals surface area (Å²) in [5, 5.41) is 8.98. The van der Waals surface area contributed by atoms with Gasteiger partial charge in [0.25, 0.3) is 5.56 Å². The van der Waals surface area contributed by atoms with Crippen LogP contribution in [-0.2, 0) is 6.42 Å². The van der Waals surface area contributed by atoms with Crippen molar-refractivity contribution >= 4 is 11.5 Å². The molecule has 1 aromatic carbocycles. The van der Waals surface area contributed by atoms with Crippen molar-refractivity contribution in [2.75, 3.05) is 36.0 Å². The Hall–Kier alpha value is -3.66. The Balaban J connectivity index is 1.46. The number of aromatic amines is 1. The molecule has 0 atom stereocenters. The Morgan fingerprint density at radius 1 is 1.07 bits per heavy atom. The second-order valence-electron chi connectivity index (χ2n) is 7.33. The smallest absolute Gasteiger partial charge is 0.251 e. The van der Waals surface area contributed by atoms with Crippen LogP contribution in [0.1, 0.15) is 24.6 Å². The Bertz CT molecular complexity index is 1100. The summed E-state index contributed by atoms with van der Waals surface area (Å²) in [6, 6.07) is 15.4. The number of hydrogen-bond donors (Lipinski definition) is 1. The third-order valence-electron chi connectivity index (χ3n) is 5.36. The number of aromatic nitrogens is 3. The molecule has 0 unspecified atom stereocenters. The van der Waals surface area contributed by atoms with Crippen LogP contribution in [0.4, 0.5) is 11.5 Å². The first kappa shape index (κ1) is 19.6. The highest BCUT2D eigenvalue weighted by molar-refractivity contribution is 5.57. The normalized spacial score (nSPS) is 14.3. The summed E-state index contributed by atoms with van der Waals surface area (Å²) in [5.74, 6) is 1.48. The van der Waals surface area contributed by atoms with E-state index in [9.17, 15) is 4.79 Å². The summed E-state index contributed by atoms with van der Waals surface area (Å²) < 4.78 is 0. The molecule has 0 radical (unpaired) electrons. The SMILES string of the molecule is CCc1cc(=O)[nH]c(-c2ccc(N3CCCN(c4ccc(C#N)cc4)CC3)nc2)n1. The Morgan fingerprint density at radius 3 is 2.53 bits per heavy atom. The largest absolute Gasteiger partial charge is 0.370 e. The molecule has 3 aromatic rings. The minimum Gasteiger partial charge on any atom is -0.370 e. The zero-order valence-corrected chi connectivity index (χ0v) is 17.0. The van der Waals surface area contributed by atoms with Crippen LogP contribution in [0.3, 0.4) is 0 Å². The van der Waals surface area contributed by atoms with Crippen molar-refractivity contribution in [2.24, 2.45) is 0 Å². The van der Waals surface area contributed by atoms with Crippen molar-refractivity contribution in [3.05, 3.63) is 70.3 Å². The van der Waals surface area contributed by atoms with Crippen LogP contribution in [-0.4, -0.2) is 41.1 Å². The fourth-order valence-electron chi connectivity index (χ4n) is 3.69. The zero-order valence-electron chi connectivity index (χ0n) is 17.0. The molecule has 2 aromatic heterocycles. The lowest BCUT2D eigenvalue weighted by Gasteiger charge is -2.24. The van der Waals surface area contributed by atoms with Gasteiger partial charge in [-0.15, -0.1) is 0 Å². The quantitative estimate of drug-likeness (QED) is 0.724. The molecule has 7 heteroatoms. The van der Waals surface area contributed by atoms with E-state index in [2.05, 4.69) is 30.8 Å². The van der Waals surface area contributed by atoms with E-state index in [1.54, 1.807) is 6.20 Å². The highest BCUT2D eigenvalue weighted by Gasteiger charge is 2.17. The molecule has 0 spiro atoms. The van der Waals surface area contributed by atoms with E-state index in [0.717, 1.165) is 55.4 Å². The van der Waals surface area contributed by atoms with Gasteiger partial charge in [0.1, 0.15) is 11.6 Å². The van der Waals surface area contributed by atoms with Crippen LogP contribution in [0.2, 0.25) is 0 Å². The molecule has 0 aliphatic carbocycles. The molecule has 0 saturated carbocycles. The van der Waals surface area contributed by atoms with Crippen molar-refractivity contribution in [3.8, 4) is 17.5 Å². The molecule has 0 amide bonds. The minimum atomic E-state index is -0.142. The molecule has 1 N–H and O–H groups in total. The molecular weight excluding hydrogens is 376 g/mol. The van der Waals surface area contributed by atoms with Crippen LogP contribution in [0, 0.1) is 11.3 Å². The Labute approximate surface area is 175 Å². The van der Waals surface area contributed by atoms with Crippen LogP contribution >= 0.6 is 0 Å².